The zero-order valence-corrected chi connectivity index (χ0v) is 8.97. The number of nitrogens with zero attached hydrogens (tertiary/aromatic N) is 1. The Kier molecular flexibility index (Phi) is 3.45. The highest BCUT2D eigenvalue weighted by Gasteiger charge is 2.05. The van der Waals surface area contributed by atoms with Gasteiger partial charge in [0.05, 0.1) is 0 Å². The Bertz CT molecular complexity index is 514. The highest BCUT2D eigenvalue weighted by Crippen LogP contribution is 2.23. The summed E-state index contributed by atoms with van der Waals surface area (Å²) in [6.45, 7) is 0.283. The molecule has 0 aliphatic rings. The Hall–Kier alpha value is -2.23. The van der Waals surface area contributed by atoms with Gasteiger partial charge >= 0.3 is 0 Å². The van der Waals surface area contributed by atoms with Crippen molar-refractivity contribution in [2.24, 2.45) is 5.18 Å². The van der Waals surface area contributed by atoms with Gasteiger partial charge in [-0.05, 0) is 22.9 Å². The lowest BCUT2D eigenvalue weighted by molar-refractivity contribution is 0.290. The number of benzene rings is 2. The molecule has 0 fully saturated rings. The second-order valence-corrected chi connectivity index (χ2v) is 3.48. The maximum Gasteiger partial charge on any atom is 0.167 e. The van der Waals surface area contributed by atoms with E-state index in [0.29, 0.717) is 0 Å². The van der Waals surface area contributed by atoms with E-state index < -0.39 is 5.82 Å². The highest BCUT2D eigenvalue weighted by atomic mass is 19.1. The molecule has 0 aliphatic carbocycles. The first-order chi connectivity index (χ1) is 8.29. The van der Waals surface area contributed by atoms with E-state index in [2.05, 4.69) is 5.18 Å². The molecule has 86 valence electrons. The number of hydrogen-bond acceptors (Lipinski definition) is 3. The average molecular weight is 231 g/mol. The van der Waals surface area contributed by atoms with Crippen molar-refractivity contribution in [2.75, 3.05) is 0 Å². The molecule has 17 heavy (non-hydrogen) atoms. The molecule has 0 saturated carbocycles. The van der Waals surface area contributed by atoms with Crippen LogP contribution in [0.3, 0.4) is 0 Å². The fourth-order valence-electron chi connectivity index (χ4n) is 1.40. The Labute approximate surface area is 97.8 Å². The monoisotopic (exact) mass is 231 g/mol. The predicted octanol–water partition coefficient (Wildman–Crippen LogP) is 3.80. The van der Waals surface area contributed by atoms with E-state index in [1.807, 2.05) is 30.3 Å². The molecule has 0 unspecified atom stereocenters. The zero-order chi connectivity index (χ0) is 12.1. The van der Waals surface area contributed by atoms with Crippen LogP contribution < -0.4 is 4.74 Å². The molecule has 2 rings (SSSR count). The summed E-state index contributed by atoms with van der Waals surface area (Å²) in [4.78, 5) is 10.2. The Morgan fingerprint density at radius 3 is 2.53 bits per heavy atom. The maximum atomic E-state index is 13.4. The van der Waals surface area contributed by atoms with Crippen LogP contribution in [0.5, 0.6) is 5.75 Å². The lowest BCUT2D eigenvalue weighted by Gasteiger charge is -2.07. The van der Waals surface area contributed by atoms with Crippen LogP contribution in [-0.2, 0) is 6.61 Å². The number of halogens is 1. The zero-order valence-electron chi connectivity index (χ0n) is 8.97. The van der Waals surface area contributed by atoms with Crippen LogP contribution in [0.4, 0.5) is 10.1 Å². The number of rotatable bonds is 4. The molecule has 2 aromatic carbocycles. The first-order valence-corrected chi connectivity index (χ1v) is 5.09. The SMILES string of the molecule is O=Nc1ccc(OCc2ccccc2)c(F)c1. The van der Waals surface area contributed by atoms with Crippen molar-refractivity contribution in [3.05, 3.63) is 64.8 Å². The molecule has 0 atom stereocenters. The van der Waals surface area contributed by atoms with Crippen molar-refractivity contribution in [3.8, 4) is 5.75 Å². The van der Waals surface area contributed by atoms with Gasteiger partial charge < -0.3 is 4.74 Å². The molecule has 0 N–H and O–H groups in total. The molecule has 0 radical (unpaired) electrons. The molecule has 0 aliphatic heterocycles. The highest BCUT2D eigenvalue weighted by molar-refractivity contribution is 5.42. The van der Waals surface area contributed by atoms with Gasteiger partial charge in [0.25, 0.3) is 0 Å². The Morgan fingerprint density at radius 2 is 1.88 bits per heavy atom. The molecule has 0 aromatic heterocycles. The standard InChI is InChI=1S/C13H10FNO2/c14-12-8-11(15-16)6-7-13(12)17-9-10-4-2-1-3-5-10/h1-8H,9H2. The van der Waals surface area contributed by atoms with Gasteiger partial charge in [-0.25, -0.2) is 4.39 Å². The van der Waals surface area contributed by atoms with E-state index in [9.17, 15) is 9.30 Å². The smallest absolute Gasteiger partial charge is 0.167 e. The second-order valence-electron chi connectivity index (χ2n) is 3.48. The van der Waals surface area contributed by atoms with Crippen LogP contribution >= 0.6 is 0 Å². The number of ether oxygens (including phenoxy) is 1. The van der Waals surface area contributed by atoms with Crippen LogP contribution in [0.15, 0.2) is 53.7 Å². The van der Waals surface area contributed by atoms with Crippen LogP contribution in [0.2, 0.25) is 0 Å². The predicted molar refractivity (Wildman–Crippen MR) is 62.6 cm³/mol. The van der Waals surface area contributed by atoms with Gasteiger partial charge in [0.2, 0.25) is 0 Å². The summed E-state index contributed by atoms with van der Waals surface area (Å²) in [5.74, 6) is -0.473. The fraction of sp³-hybridized carbons (Fsp3) is 0.0769. The fourth-order valence-corrected chi connectivity index (χ4v) is 1.40. The van der Waals surface area contributed by atoms with Gasteiger partial charge in [0.1, 0.15) is 12.3 Å². The maximum absolute atomic E-state index is 13.4. The minimum Gasteiger partial charge on any atom is -0.486 e. The minimum absolute atomic E-state index is 0.0505. The first kappa shape index (κ1) is 11.3. The molecule has 4 heteroatoms. The van der Waals surface area contributed by atoms with Crippen LogP contribution in [-0.4, -0.2) is 0 Å². The van der Waals surface area contributed by atoms with Crippen LogP contribution in [0, 0.1) is 10.7 Å². The topological polar surface area (TPSA) is 38.7 Å². The summed E-state index contributed by atoms with van der Waals surface area (Å²) in [5, 5.41) is 2.65. The Balaban J connectivity index is 2.07. The van der Waals surface area contributed by atoms with Gasteiger partial charge in [0, 0.05) is 6.07 Å². The van der Waals surface area contributed by atoms with Gasteiger partial charge in [-0.3, -0.25) is 0 Å². The third kappa shape index (κ3) is 2.87. The van der Waals surface area contributed by atoms with E-state index >= 15 is 0 Å². The van der Waals surface area contributed by atoms with Crippen LogP contribution in [0.1, 0.15) is 5.56 Å². The summed E-state index contributed by atoms with van der Waals surface area (Å²) in [6.07, 6.45) is 0. The summed E-state index contributed by atoms with van der Waals surface area (Å²) < 4.78 is 18.7. The Morgan fingerprint density at radius 1 is 1.12 bits per heavy atom. The average Bonchev–Trinajstić information content (AvgIpc) is 2.38. The lowest BCUT2D eigenvalue weighted by Crippen LogP contribution is -1.96. The van der Waals surface area contributed by atoms with Gasteiger partial charge in [-0.1, -0.05) is 30.3 Å². The largest absolute Gasteiger partial charge is 0.486 e. The van der Waals surface area contributed by atoms with Crippen molar-refractivity contribution in [1.29, 1.82) is 0 Å². The summed E-state index contributed by atoms with van der Waals surface area (Å²) >= 11 is 0. The number of nitroso groups, excluding NO2 is 1. The quantitative estimate of drug-likeness (QED) is 0.750. The molecule has 0 bridgehead atoms. The van der Waals surface area contributed by atoms with E-state index in [4.69, 9.17) is 4.74 Å². The van der Waals surface area contributed by atoms with Crippen molar-refractivity contribution in [2.45, 2.75) is 6.61 Å². The van der Waals surface area contributed by atoms with E-state index in [1.165, 1.54) is 12.1 Å². The molecule has 3 nitrogen and oxygen atoms in total. The third-order valence-electron chi connectivity index (χ3n) is 2.26. The molecule has 0 amide bonds. The van der Waals surface area contributed by atoms with E-state index in [0.717, 1.165) is 11.6 Å². The normalized spacial score (nSPS) is 9.94. The summed E-state index contributed by atoms with van der Waals surface area (Å²) in [6, 6.07) is 13.3. The molecular formula is C13H10FNO2. The third-order valence-corrected chi connectivity index (χ3v) is 2.26. The van der Waals surface area contributed by atoms with E-state index in [1.54, 1.807) is 0 Å². The molecular weight excluding hydrogens is 221 g/mol. The molecule has 2 aromatic rings. The van der Waals surface area contributed by atoms with Crippen molar-refractivity contribution in [1.82, 2.24) is 0 Å². The summed E-state index contributed by atoms with van der Waals surface area (Å²) in [5.41, 5.74) is 0.999. The van der Waals surface area contributed by atoms with Gasteiger partial charge in [-0.2, -0.15) is 0 Å². The van der Waals surface area contributed by atoms with Crippen LogP contribution in [0.25, 0.3) is 0 Å². The lowest BCUT2D eigenvalue weighted by atomic mass is 10.2. The van der Waals surface area contributed by atoms with Crippen molar-refractivity contribution < 1.29 is 9.13 Å². The number of hydrogen-bond donors (Lipinski definition) is 0. The summed E-state index contributed by atoms with van der Waals surface area (Å²) in [7, 11) is 0. The van der Waals surface area contributed by atoms with Gasteiger partial charge in [-0.15, -0.1) is 4.91 Å². The van der Waals surface area contributed by atoms with Crippen molar-refractivity contribution >= 4 is 5.69 Å². The molecule has 0 spiro atoms. The second kappa shape index (κ2) is 5.21. The van der Waals surface area contributed by atoms with Gasteiger partial charge in [0.15, 0.2) is 11.6 Å². The van der Waals surface area contributed by atoms with Crippen molar-refractivity contribution in [3.63, 3.8) is 0 Å². The molecule has 0 heterocycles. The minimum atomic E-state index is -0.585. The molecule has 0 saturated heterocycles. The first-order valence-electron chi connectivity index (χ1n) is 5.09. The van der Waals surface area contributed by atoms with E-state index in [-0.39, 0.29) is 18.0 Å².